The molecule has 0 atom stereocenters. The molecule has 0 aromatic rings. The molecule has 0 aromatic heterocycles. The molecule has 12 heteroatoms. The summed E-state index contributed by atoms with van der Waals surface area (Å²) < 4.78 is 62.6. The van der Waals surface area contributed by atoms with E-state index in [0.29, 0.717) is 0 Å². The van der Waals surface area contributed by atoms with Gasteiger partial charge in [-0.2, -0.15) is 0 Å². The Morgan fingerprint density at radius 3 is 0.333 bits per heavy atom. The smallest absolute Gasteiger partial charge is 0 e. The maximum atomic E-state index is 7.50. The molecule has 0 aromatic carbocycles. The first-order valence-electron chi connectivity index (χ1n) is 9.82. The van der Waals surface area contributed by atoms with Crippen molar-refractivity contribution in [1.82, 2.24) is 0 Å². The molecule has 0 unspecified atom stereocenters. The van der Waals surface area contributed by atoms with Crippen molar-refractivity contribution in [2.45, 2.75) is 55.4 Å². The number of quaternary nitrogens is 2. The van der Waals surface area contributed by atoms with Crippen LogP contribution in [0.15, 0.2) is 0 Å². The zero-order valence-corrected chi connectivity index (χ0v) is 25.2. The number of hydrogen-bond acceptors (Lipinski definition) is 0. The maximum Gasteiger partial charge on any atom is 0 e. The Bertz CT molecular complexity index is 351. The average molecular weight is 589 g/mol. The van der Waals surface area contributed by atoms with E-state index in [9.17, 15) is 0 Å². The van der Waals surface area contributed by atoms with Crippen LogP contribution in [0.3, 0.4) is 0 Å². The Morgan fingerprint density at radius 1 is 0.278 bits per heavy atom. The molecule has 0 bridgehead atoms. The van der Waals surface area contributed by atoms with Crippen molar-refractivity contribution >= 4 is 0 Å². The summed E-state index contributed by atoms with van der Waals surface area (Å²) in [7, 11) is 0. The molecule has 36 heavy (non-hydrogen) atoms. The van der Waals surface area contributed by atoms with E-state index in [0.717, 1.165) is 0 Å². The Labute approximate surface area is 241 Å². The van der Waals surface area contributed by atoms with Gasteiger partial charge < -0.3 is 8.97 Å². The molecule has 0 N–H and O–H groups in total. The van der Waals surface area contributed by atoms with Crippen molar-refractivity contribution in [1.29, 1.82) is 0 Å². The van der Waals surface area contributed by atoms with Gasteiger partial charge in [0.1, 0.15) is 0 Å². The molecule has 0 saturated carbocycles. The van der Waals surface area contributed by atoms with Gasteiger partial charge in [-0.3, -0.25) is 0 Å². The van der Waals surface area contributed by atoms with Crippen LogP contribution in [0, 0.1) is 53.2 Å². The molecule has 0 rings (SSSR count). The second-order valence-corrected chi connectivity index (χ2v) is 5.21. The van der Waals surface area contributed by atoms with Crippen molar-refractivity contribution < 1.29 is 80.9 Å². The Balaban J connectivity index is -0.0000000199. The minimum absolute atomic E-state index is 0. The third-order valence-corrected chi connectivity index (χ3v) is 5.37. The van der Waals surface area contributed by atoms with E-state index in [-0.39, 0.29) is 34.7 Å². The summed E-state index contributed by atoms with van der Waals surface area (Å²) in [5.41, 5.74) is 0. The van der Waals surface area contributed by atoms with E-state index in [2.05, 4.69) is 109 Å². The molecule has 0 aliphatic rings. The third kappa shape index (κ3) is 63.8. The Morgan fingerprint density at radius 2 is 0.333 bits per heavy atom. The van der Waals surface area contributed by atoms with Crippen LogP contribution in [-0.2, 0) is 71.9 Å². The van der Waals surface area contributed by atoms with Crippen LogP contribution in [0.1, 0.15) is 55.4 Å². The zero-order chi connectivity index (χ0) is 30.7. The standard InChI is InChI=1S/2C8H20N.8CO.2Cr/c2*1-5-9(6-2,7-3)8-4;8*1-2;;/h2*5-8H2,1-4H3;;;;;;;;;;/q2*+1;;;;;;;;;;. The van der Waals surface area contributed by atoms with E-state index < -0.39 is 0 Å². The van der Waals surface area contributed by atoms with E-state index in [1.165, 1.54) is 61.3 Å². The quantitative estimate of drug-likeness (QED) is 0.231. The van der Waals surface area contributed by atoms with Crippen LogP contribution in [0.5, 0.6) is 0 Å². The second kappa shape index (κ2) is 103. The van der Waals surface area contributed by atoms with Crippen molar-refractivity contribution in [3.8, 4) is 0 Å². The van der Waals surface area contributed by atoms with Crippen LogP contribution in [0.25, 0.3) is 0 Å². The molecular weight excluding hydrogens is 548 g/mol. The van der Waals surface area contributed by atoms with Crippen molar-refractivity contribution in [2.24, 2.45) is 0 Å². The fourth-order valence-corrected chi connectivity index (χ4v) is 2.68. The van der Waals surface area contributed by atoms with Gasteiger partial charge >= 0.3 is 90.4 Å². The molecule has 0 heterocycles. The van der Waals surface area contributed by atoms with Crippen LogP contribution in [0.4, 0.5) is 0 Å². The molecule has 0 radical (unpaired) electrons. The number of rotatable bonds is 8. The van der Waals surface area contributed by atoms with Gasteiger partial charge in [0, 0.05) is 34.7 Å². The minimum Gasteiger partial charge on any atom is 0 e. The zero-order valence-electron chi connectivity index (χ0n) is 22.6. The normalized spacial score (nSPS) is 6.44. The third-order valence-electron chi connectivity index (χ3n) is 5.37. The van der Waals surface area contributed by atoms with Gasteiger partial charge in [-0.1, -0.05) is 0 Å². The summed E-state index contributed by atoms with van der Waals surface area (Å²) in [4.78, 5) is 0. The first-order chi connectivity index (χ1) is 16.5. The van der Waals surface area contributed by atoms with Crippen molar-refractivity contribution in [2.75, 3.05) is 52.4 Å². The molecule has 0 fully saturated rings. The average Bonchev–Trinajstić information content (AvgIpc) is 3.01. The summed E-state index contributed by atoms with van der Waals surface area (Å²) in [5.74, 6) is 0. The summed E-state index contributed by atoms with van der Waals surface area (Å²) >= 11 is 0. The molecule has 0 amide bonds. The molecular formula is C24H40Cr2N2O8+2. The van der Waals surface area contributed by atoms with Gasteiger partial charge in [0.25, 0.3) is 0 Å². The van der Waals surface area contributed by atoms with Crippen LogP contribution >= 0.6 is 0 Å². The van der Waals surface area contributed by atoms with Gasteiger partial charge in [-0.25, -0.2) is 0 Å². The number of hydrogen-bond donors (Lipinski definition) is 0. The van der Waals surface area contributed by atoms with E-state index in [1.807, 2.05) is 0 Å². The van der Waals surface area contributed by atoms with Crippen LogP contribution < -0.4 is 0 Å². The van der Waals surface area contributed by atoms with Crippen LogP contribution in [-0.4, -0.2) is 61.3 Å². The summed E-state index contributed by atoms with van der Waals surface area (Å²) in [6.45, 7) is 64.4. The monoisotopic (exact) mass is 588 g/mol. The fourth-order valence-electron chi connectivity index (χ4n) is 2.68. The Hall–Kier alpha value is -1.10. The van der Waals surface area contributed by atoms with Gasteiger partial charge in [0.2, 0.25) is 0 Å². The predicted molar refractivity (Wildman–Crippen MR) is 116 cm³/mol. The largest absolute Gasteiger partial charge is 0 e. The van der Waals surface area contributed by atoms with Gasteiger partial charge in [-0.05, 0) is 55.4 Å². The SMILES string of the molecule is CC[N+](CC)(CC)CC.CC[N+](CC)(CC)CC.[C-]#[O+].[C-]#[O+].[C-]#[O+].[C-]#[O+].[C-]#[O+].[C-]#[O+].[C-]#[O+].[C-]#[O+].[Cr].[Cr]. The predicted octanol–water partition coefficient (Wildman–Crippen LogP) is 3.46. The number of nitrogens with zero attached hydrogens (tertiary/aromatic N) is 2. The molecule has 0 aliphatic heterocycles. The van der Waals surface area contributed by atoms with Crippen LogP contribution in [0.2, 0.25) is 0 Å². The maximum absolute atomic E-state index is 7.50. The Kier molecular flexibility index (Phi) is 218. The molecule has 10 nitrogen and oxygen atoms in total. The molecule has 0 saturated heterocycles. The summed E-state index contributed by atoms with van der Waals surface area (Å²) in [6.07, 6.45) is 0. The van der Waals surface area contributed by atoms with E-state index in [4.69, 9.17) is 37.2 Å². The van der Waals surface area contributed by atoms with Gasteiger partial charge in [0.15, 0.2) is 0 Å². The van der Waals surface area contributed by atoms with Crippen molar-refractivity contribution in [3.05, 3.63) is 53.2 Å². The molecule has 0 spiro atoms. The molecule has 204 valence electrons. The first-order valence-corrected chi connectivity index (χ1v) is 9.82. The first kappa shape index (κ1) is 76.5. The second-order valence-electron chi connectivity index (χ2n) is 5.21. The van der Waals surface area contributed by atoms with Crippen molar-refractivity contribution in [3.63, 3.8) is 0 Å². The van der Waals surface area contributed by atoms with Gasteiger partial charge in [0.05, 0.1) is 52.4 Å². The van der Waals surface area contributed by atoms with Gasteiger partial charge in [-0.15, -0.1) is 0 Å². The summed E-state index contributed by atoms with van der Waals surface area (Å²) in [5, 5.41) is 0. The summed E-state index contributed by atoms with van der Waals surface area (Å²) in [6, 6.07) is 0. The topological polar surface area (TPSA) is 159 Å². The van der Waals surface area contributed by atoms with E-state index >= 15 is 0 Å². The van der Waals surface area contributed by atoms with E-state index in [1.54, 1.807) is 0 Å². The molecule has 0 aliphatic carbocycles. The fraction of sp³-hybridized carbons (Fsp3) is 0.667. The minimum atomic E-state index is 0.